The van der Waals surface area contributed by atoms with Crippen LogP contribution in [0.25, 0.3) is 0 Å². The molecule has 0 saturated carbocycles. The van der Waals surface area contributed by atoms with Crippen LogP contribution in [-0.2, 0) is 0 Å². The number of hydrazone groups is 1. The zero-order chi connectivity index (χ0) is 19.6. The summed E-state index contributed by atoms with van der Waals surface area (Å²) in [6.45, 7) is 2.60. The topological polar surface area (TPSA) is 78.4 Å². The molecule has 0 aromatic heterocycles. The number of ether oxygens (including phenoxy) is 4. The number of benzene rings is 2. The zero-order valence-corrected chi connectivity index (χ0v) is 15.9. The van der Waals surface area contributed by atoms with E-state index in [1.54, 1.807) is 50.6 Å². The largest absolute Gasteiger partial charge is 0.493 e. The molecule has 0 fully saturated rings. The highest BCUT2D eigenvalue weighted by Crippen LogP contribution is 2.28. The van der Waals surface area contributed by atoms with Gasteiger partial charge < -0.3 is 18.9 Å². The van der Waals surface area contributed by atoms with E-state index in [4.69, 9.17) is 18.9 Å². The highest BCUT2D eigenvalue weighted by atomic mass is 16.5. The molecule has 1 N–H and O–H groups in total. The first-order chi connectivity index (χ1) is 13.1. The van der Waals surface area contributed by atoms with E-state index in [-0.39, 0.29) is 5.91 Å². The van der Waals surface area contributed by atoms with Crippen molar-refractivity contribution >= 4 is 12.1 Å². The Morgan fingerprint density at radius 2 is 1.63 bits per heavy atom. The molecule has 0 aliphatic heterocycles. The van der Waals surface area contributed by atoms with E-state index in [0.29, 0.717) is 35.2 Å². The van der Waals surface area contributed by atoms with Gasteiger partial charge in [0, 0.05) is 5.56 Å². The molecule has 144 valence electrons. The Hall–Kier alpha value is -3.22. The lowest BCUT2D eigenvalue weighted by molar-refractivity contribution is 0.0954. The molecule has 2 rings (SSSR count). The summed E-state index contributed by atoms with van der Waals surface area (Å²) < 4.78 is 21.3. The van der Waals surface area contributed by atoms with Crippen molar-refractivity contribution in [2.45, 2.75) is 13.3 Å². The minimum Gasteiger partial charge on any atom is -0.493 e. The van der Waals surface area contributed by atoms with Crippen molar-refractivity contribution in [3.63, 3.8) is 0 Å². The van der Waals surface area contributed by atoms with E-state index < -0.39 is 0 Å². The molecule has 0 aliphatic rings. The Morgan fingerprint density at radius 1 is 0.963 bits per heavy atom. The first kappa shape index (κ1) is 20.1. The van der Waals surface area contributed by atoms with Gasteiger partial charge in [0.25, 0.3) is 5.91 Å². The van der Waals surface area contributed by atoms with Crippen molar-refractivity contribution in [2.75, 3.05) is 27.9 Å². The maximum Gasteiger partial charge on any atom is 0.271 e. The number of amides is 1. The Balaban J connectivity index is 2.05. The number of hydrogen-bond donors (Lipinski definition) is 1. The van der Waals surface area contributed by atoms with Gasteiger partial charge >= 0.3 is 0 Å². The van der Waals surface area contributed by atoms with Crippen LogP contribution in [-0.4, -0.2) is 40.1 Å². The minimum atomic E-state index is -0.355. The lowest BCUT2D eigenvalue weighted by atomic mass is 10.2. The van der Waals surface area contributed by atoms with Gasteiger partial charge in [-0.05, 0) is 48.4 Å². The van der Waals surface area contributed by atoms with Crippen molar-refractivity contribution in [3.05, 3.63) is 47.5 Å². The summed E-state index contributed by atoms with van der Waals surface area (Å²) >= 11 is 0. The summed E-state index contributed by atoms with van der Waals surface area (Å²) in [5.74, 6) is 1.95. The van der Waals surface area contributed by atoms with Gasteiger partial charge in [0.2, 0.25) is 0 Å². The molecule has 0 radical (unpaired) electrons. The van der Waals surface area contributed by atoms with Gasteiger partial charge in [-0.3, -0.25) is 4.79 Å². The Bertz CT molecular complexity index is 805. The molecule has 0 spiro atoms. The molecule has 0 bridgehead atoms. The summed E-state index contributed by atoms with van der Waals surface area (Å²) in [4.78, 5) is 12.3. The van der Waals surface area contributed by atoms with Gasteiger partial charge in [-0.1, -0.05) is 6.92 Å². The Labute approximate surface area is 158 Å². The van der Waals surface area contributed by atoms with E-state index in [1.165, 1.54) is 13.3 Å². The number of nitrogens with one attached hydrogen (secondary N) is 1. The number of rotatable bonds is 9. The number of methoxy groups -OCH3 is 3. The zero-order valence-electron chi connectivity index (χ0n) is 15.9. The second-order valence-corrected chi connectivity index (χ2v) is 5.53. The summed E-state index contributed by atoms with van der Waals surface area (Å²) in [6, 6.07) is 10.3. The molecular formula is C20H24N2O5. The molecular weight excluding hydrogens is 348 g/mol. The van der Waals surface area contributed by atoms with Crippen molar-refractivity contribution in [3.8, 4) is 23.0 Å². The summed E-state index contributed by atoms with van der Waals surface area (Å²) in [6.07, 6.45) is 2.41. The Morgan fingerprint density at radius 3 is 2.30 bits per heavy atom. The summed E-state index contributed by atoms with van der Waals surface area (Å²) in [5, 5.41) is 3.98. The molecule has 0 unspecified atom stereocenters. The van der Waals surface area contributed by atoms with Crippen LogP contribution >= 0.6 is 0 Å². The number of hydrogen-bond acceptors (Lipinski definition) is 6. The maximum absolute atomic E-state index is 12.3. The van der Waals surface area contributed by atoms with Gasteiger partial charge in [0.1, 0.15) is 0 Å². The maximum atomic E-state index is 12.3. The minimum absolute atomic E-state index is 0.355. The lowest BCUT2D eigenvalue weighted by Gasteiger charge is -2.11. The first-order valence-corrected chi connectivity index (χ1v) is 8.49. The van der Waals surface area contributed by atoms with Gasteiger partial charge in [0.05, 0.1) is 34.2 Å². The van der Waals surface area contributed by atoms with Crippen LogP contribution in [0.2, 0.25) is 0 Å². The second-order valence-electron chi connectivity index (χ2n) is 5.53. The molecule has 7 heteroatoms. The quantitative estimate of drug-likeness (QED) is 0.540. The third-order valence-electron chi connectivity index (χ3n) is 3.67. The van der Waals surface area contributed by atoms with Gasteiger partial charge in [-0.25, -0.2) is 5.43 Å². The van der Waals surface area contributed by atoms with Gasteiger partial charge in [0.15, 0.2) is 23.0 Å². The van der Waals surface area contributed by atoms with Crippen LogP contribution in [0.3, 0.4) is 0 Å². The fourth-order valence-corrected chi connectivity index (χ4v) is 2.30. The summed E-state index contributed by atoms with van der Waals surface area (Å²) in [7, 11) is 4.66. The van der Waals surface area contributed by atoms with Crippen LogP contribution in [0.15, 0.2) is 41.5 Å². The van der Waals surface area contributed by atoms with E-state index in [2.05, 4.69) is 10.5 Å². The summed E-state index contributed by atoms with van der Waals surface area (Å²) in [5.41, 5.74) is 3.66. The third-order valence-corrected chi connectivity index (χ3v) is 3.67. The molecule has 2 aromatic carbocycles. The fraction of sp³-hybridized carbons (Fsp3) is 0.300. The highest BCUT2D eigenvalue weighted by Gasteiger charge is 2.11. The predicted octanol–water partition coefficient (Wildman–Crippen LogP) is 3.27. The van der Waals surface area contributed by atoms with E-state index >= 15 is 0 Å². The monoisotopic (exact) mass is 372 g/mol. The van der Waals surface area contributed by atoms with Crippen LogP contribution < -0.4 is 24.4 Å². The highest BCUT2D eigenvalue weighted by molar-refractivity contribution is 5.95. The normalized spacial score (nSPS) is 10.5. The van der Waals surface area contributed by atoms with Crippen molar-refractivity contribution in [2.24, 2.45) is 5.10 Å². The average Bonchev–Trinajstić information content (AvgIpc) is 2.71. The molecule has 1 amide bonds. The standard InChI is InChI=1S/C20H24N2O5/c1-5-10-27-17-9-7-15(12-19(17)26-4)20(23)22-21-13-14-6-8-16(24-2)18(11-14)25-3/h6-9,11-13H,5,10H2,1-4H3,(H,22,23)/b21-13+. The number of carbonyl (C=O) groups is 1. The molecule has 0 aliphatic carbocycles. The third kappa shape index (κ3) is 5.37. The molecule has 0 saturated heterocycles. The van der Waals surface area contributed by atoms with E-state index in [0.717, 1.165) is 12.0 Å². The van der Waals surface area contributed by atoms with E-state index in [1.807, 2.05) is 6.92 Å². The Kier molecular flexibility index (Phi) is 7.49. The van der Waals surface area contributed by atoms with Gasteiger partial charge in [-0.2, -0.15) is 5.10 Å². The van der Waals surface area contributed by atoms with Crippen molar-refractivity contribution in [1.82, 2.24) is 5.43 Å². The number of nitrogens with zero attached hydrogens (tertiary/aromatic N) is 1. The fourth-order valence-electron chi connectivity index (χ4n) is 2.30. The second kappa shape index (κ2) is 10.1. The SMILES string of the molecule is CCCOc1ccc(C(=O)N/N=C/c2ccc(OC)c(OC)c2)cc1OC. The smallest absolute Gasteiger partial charge is 0.271 e. The van der Waals surface area contributed by atoms with Crippen LogP contribution in [0.1, 0.15) is 29.3 Å². The van der Waals surface area contributed by atoms with Gasteiger partial charge in [-0.15, -0.1) is 0 Å². The molecule has 0 heterocycles. The molecule has 2 aromatic rings. The van der Waals surface area contributed by atoms with Crippen LogP contribution in [0.4, 0.5) is 0 Å². The first-order valence-electron chi connectivity index (χ1n) is 8.49. The van der Waals surface area contributed by atoms with Crippen molar-refractivity contribution < 1.29 is 23.7 Å². The predicted molar refractivity (Wildman–Crippen MR) is 103 cm³/mol. The number of carbonyl (C=O) groups excluding carboxylic acids is 1. The van der Waals surface area contributed by atoms with Crippen LogP contribution in [0.5, 0.6) is 23.0 Å². The molecule has 27 heavy (non-hydrogen) atoms. The molecule has 7 nitrogen and oxygen atoms in total. The average molecular weight is 372 g/mol. The van der Waals surface area contributed by atoms with Crippen molar-refractivity contribution in [1.29, 1.82) is 0 Å². The van der Waals surface area contributed by atoms with Crippen LogP contribution in [0, 0.1) is 0 Å². The van der Waals surface area contributed by atoms with E-state index in [9.17, 15) is 4.79 Å². The lowest BCUT2D eigenvalue weighted by Crippen LogP contribution is -2.17. The molecule has 0 atom stereocenters.